The summed E-state index contributed by atoms with van der Waals surface area (Å²) < 4.78 is 10.6. The molecule has 0 amide bonds. The van der Waals surface area contributed by atoms with Crippen LogP contribution in [0.3, 0.4) is 0 Å². The summed E-state index contributed by atoms with van der Waals surface area (Å²) in [6, 6.07) is 3.57. The van der Waals surface area contributed by atoms with Gasteiger partial charge in [-0.05, 0) is 6.92 Å². The molecule has 7 heteroatoms. The van der Waals surface area contributed by atoms with Crippen LogP contribution in [-0.2, 0) is 0 Å². The summed E-state index contributed by atoms with van der Waals surface area (Å²) in [5.74, 6) is 1.79. The highest BCUT2D eigenvalue weighted by Gasteiger charge is 2.15. The van der Waals surface area contributed by atoms with Crippen molar-refractivity contribution in [3.8, 4) is 22.2 Å². The molecule has 0 N–H and O–H groups in total. The van der Waals surface area contributed by atoms with Crippen molar-refractivity contribution >= 4 is 33.8 Å². The van der Waals surface area contributed by atoms with E-state index in [1.54, 1.807) is 26.5 Å². The van der Waals surface area contributed by atoms with E-state index in [0.29, 0.717) is 33.4 Å². The van der Waals surface area contributed by atoms with Crippen LogP contribution in [-0.4, -0.2) is 29.2 Å². The quantitative estimate of drug-likeness (QED) is 0.688. The number of fused-ring (bicyclic) bond motifs is 1. The van der Waals surface area contributed by atoms with Gasteiger partial charge in [0.05, 0.1) is 35.0 Å². The fraction of sp³-hybridized carbons (Fsp3) is 0.214. The third kappa shape index (κ3) is 2.52. The van der Waals surface area contributed by atoms with Crippen LogP contribution in [0.5, 0.6) is 11.5 Å². The third-order valence-corrected chi connectivity index (χ3v) is 4.17. The van der Waals surface area contributed by atoms with E-state index in [1.807, 2.05) is 13.0 Å². The molecule has 5 nitrogen and oxygen atoms in total. The van der Waals surface area contributed by atoms with Crippen LogP contribution in [0, 0.1) is 6.92 Å². The van der Waals surface area contributed by atoms with Gasteiger partial charge in [-0.15, -0.1) is 11.3 Å². The number of hydrogen-bond acceptors (Lipinski definition) is 6. The smallest absolute Gasteiger partial charge is 0.173 e. The molecular formula is C14H12ClN3O2S. The lowest BCUT2D eigenvalue weighted by Crippen LogP contribution is -1.95. The van der Waals surface area contributed by atoms with Gasteiger partial charge < -0.3 is 9.47 Å². The van der Waals surface area contributed by atoms with Gasteiger partial charge in [0, 0.05) is 18.3 Å². The normalized spacial score (nSPS) is 10.9. The maximum absolute atomic E-state index is 6.31. The highest BCUT2D eigenvalue weighted by Crippen LogP contribution is 2.36. The average Bonchev–Trinajstić information content (AvgIpc) is 2.92. The van der Waals surface area contributed by atoms with Gasteiger partial charge in [-0.3, -0.25) is 0 Å². The summed E-state index contributed by atoms with van der Waals surface area (Å²) in [5.41, 5.74) is 0.673. The number of rotatable bonds is 3. The minimum atomic E-state index is 0.348. The van der Waals surface area contributed by atoms with Crippen molar-refractivity contribution in [2.75, 3.05) is 14.2 Å². The average molecular weight is 322 g/mol. The van der Waals surface area contributed by atoms with Crippen molar-refractivity contribution in [1.82, 2.24) is 15.0 Å². The molecule has 0 saturated heterocycles. The Kier molecular flexibility index (Phi) is 3.65. The molecule has 0 aliphatic heterocycles. The lowest BCUT2D eigenvalue weighted by Gasteiger charge is -2.10. The van der Waals surface area contributed by atoms with Crippen LogP contribution in [0.25, 0.3) is 21.6 Å². The van der Waals surface area contributed by atoms with Crippen molar-refractivity contribution in [2.45, 2.75) is 6.92 Å². The van der Waals surface area contributed by atoms with Crippen LogP contribution in [0.4, 0.5) is 0 Å². The van der Waals surface area contributed by atoms with Crippen molar-refractivity contribution in [3.05, 3.63) is 28.5 Å². The topological polar surface area (TPSA) is 57.1 Å². The predicted octanol–water partition coefficient (Wildman–Crippen LogP) is 3.73. The molecular weight excluding hydrogens is 310 g/mol. The number of thiazole rings is 1. The van der Waals surface area contributed by atoms with Crippen molar-refractivity contribution in [3.63, 3.8) is 0 Å². The Morgan fingerprint density at radius 3 is 2.57 bits per heavy atom. The summed E-state index contributed by atoms with van der Waals surface area (Å²) >= 11 is 7.83. The van der Waals surface area contributed by atoms with Crippen molar-refractivity contribution in [2.24, 2.45) is 0 Å². The third-order valence-electron chi connectivity index (χ3n) is 2.99. The van der Waals surface area contributed by atoms with E-state index in [1.165, 1.54) is 11.3 Å². The van der Waals surface area contributed by atoms with Crippen molar-refractivity contribution in [1.29, 1.82) is 0 Å². The minimum absolute atomic E-state index is 0.348. The zero-order valence-electron chi connectivity index (χ0n) is 11.7. The van der Waals surface area contributed by atoms with Crippen molar-refractivity contribution < 1.29 is 9.47 Å². The summed E-state index contributed by atoms with van der Waals surface area (Å²) in [6.45, 7) is 1.93. The number of ether oxygens (including phenoxy) is 2. The molecule has 2 aromatic heterocycles. The van der Waals surface area contributed by atoms with E-state index in [9.17, 15) is 0 Å². The first-order valence-electron chi connectivity index (χ1n) is 6.14. The van der Waals surface area contributed by atoms with Gasteiger partial charge in [-0.2, -0.15) is 0 Å². The number of nitrogens with zero attached hydrogens (tertiary/aromatic N) is 3. The van der Waals surface area contributed by atoms with Gasteiger partial charge in [-0.25, -0.2) is 15.0 Å². The molecule has 0 fully saturated rings. The first-order valence-corrected chi connectivity index (χ1v) is 7.34. The first kappa shape index (κ1) is 14.0. The lowest BCUT2D eigenvalue weighted by atomic mass is 10.2. The van der Waals surface area contributed by atoms with Crippen LogP contribution in [0.2, 0.25) is 5.15 Å². The zero-order chi connectivity index (χ0) is 15.0. The molecule has 21 heavy (non-hydrogen) atoms. The Morgan fingerprint density at radius 1 is 1.14 bits per heavy atom. The highest BCUT2D eigenvalue weighted by atomic mass is 35.5. The van der Waals surface area contributed by atoms with Gasteiger partial charge in [0.25, 0.3) is 0 Å². The fourth-order valence-corrected chi connectivity index (χ4v) is 3.00. The molecule has 108 valence electrons. The van der Waals surface area contributed by atoms with E-state index >= 15 is 0 Å². The van der Waals surface area contributed by atoms with Gasteiger partial charge in [-0.1, -0.05) is 11.6 Å². The van der Waals surface area contributed by atoms with Gasteiger partial charge in [0.2, 0.25) is 0 Å². The lowest BCUT2D eigenvalue weighted by molar-refractivity contribution is 0.398. The van der Waals surface area contributed by atoms with Crippen LogP contribution in [0.1, 0.15) is 5.01 Å². The second-order valence-electron chi connectivity index (χ2n) is 4.31. The van der Waals surface area contributed by atoms with Crippen LogP contribution < -0.4 is 9.47 Å². The first-order chi connectivity index (χ1) is 10.1. The number of benzene rings is 1. The summed E-state index contributed by atoms with van der Waals surface area (Å²) in [4.78, 5) is 14.0. The molecule has 1 aromatic carbocycles. The Labute approximate surface area is 130 Å². The molecule has 0 unspecified atom stereocenters. The summed E-state index contributed by atoms with van der Waals surface area (Å²) in [5, 5.41) is 1.97. The molecule has 0 aliphatic carbocycles. The monoisotopic (exact) mass is 321 g/mol. The molecule has 0 atom stereocenters. The predicted molar refractivity (Wildman–Crippen MR) is 83.5 cm³/mol. The zero-order valence-corrected chi connectivity index (χ0v) is 13.2. The van der Waals surface area contributed by atoms with E-state index in [4.69, 9.17) is 21.1 Å². The fourth-order valence-electron chi connectivity index (χ4n) is 2.01. The standard InChI is InChI=1S/C14H12ClN3O2S/c1-7-16-6-11(21-7)14-17-9-4-8(19-2)5-10(20-3)12(9)13(15)18-14/h4-6H,1-3H3. The van der Waals surface area contributed by atoms with Gasteiger partial charge >= 0.3 is 0 Å². The summed E-state index contributed by atoms with van der Waals surface area (Å²) in [7, 11) is 3.17. The number of hydrogen-bond donors (Lipinski definition) is 0. The Morgan fingerprint density at radius 2 is 1.95 bits per heavy atom. The Balaban J connectivity index is 2.27. The van der Waals surface area contributed by atoms with Gasteiger partial charge in [0.15, 0.2) is 5.82 Å². The molecule has 0 bridgehead atoms. The Bertz CT molecular complexity index is 819. The summed E-state index contributed by atoms with van der Waals surface area (Å²) in [6.07, 6.45) is 1.74. The largest absolute Gasteiger partial charge is 0.497 e. The number of aromatic nitrogens is 3. The molecule has 3 aromatic rings. The van der Waals surface area contributed by atoms with Crippen LogP contribution >= 0.6 is 22.9 Å². The second-order valence-corrected chi connectivity index (χ2v) is 5.90. The molecule has 2 heterocycles. The number of halogens is 1. The maximum atomic E-state index is 6.31. The molecule has 3 rings (SSSR count). The Hall–Kier alpha value is -1.92. The molecule has 0 saturated carbocycles. The van der Waals surface area contributed by atoms with E-state index in [0.717, 1.165) is 9.88 Å². The number of methoxy groups -OCH3 is 2. The molecule has 0 spiro atoms. The number of aryl methyl sites for hydroxylation is 1. The van der Waals surface area contributed by atoms with Gasteiger partial charge in [0.1, 0.15) is 16.7 Å². The minimum Gasteiger partial charge on any atom is -0.497 e. The van der Waals surface area contributed by atoms with E-state index in [2.05, 4.69) is 15.0 Å². The molecule has 0 aliphatic rings. The van der Waals surface area contributed by atoms with Crippen LogP contribution in [0.15, 0.2) is 18.3 Å². The highest BCUT2D eigenvalue weighted by molar-refractivity contribution is 7.14. The van der Waals surface area contributed by atoms with E-state index in [-0.39, 0.29) is 0 Å². The van der Waals surface area contributed by atoms with E-state index < -0.39 is 0 Å². The maximum Gasteiger partial charge on any atom is 0.173 e. The second kappa shape index (κ2) is 5.46. The molecule has 0 radical (unpaired) electrons. The SMILES string of the molecule is COc1cc(OC)c2c(Cl)nc(-c3cnc(C)s3)nc2c1.